The molecule has 0 radical (unpaired) electrons. The maximum atomic E-state index is 13.2. The highest BCUT2D eigenvalue weighted by atomic mass is 32.2. The third-order valence-corrected chi connectivity index (χ3v) is 5.39. The number of nitrogens with zero attached hydrogens (tertiary/aromatic N) is 1. The van der Waals surface area contributed by atoms with Crippen molar-refractivity contribution in [1.82, 2.24) is 5.32 Å². The van der Waals surface area contributed by atoms with Gasteiger partial charge in [-0.05, 0) is 55.8 Å². The molecule has 0 unspecified atom stereocenters. The molecule has 0 spiro atoms. The zero-order chi connectivity index (χ0) is 20.2. The summed E-state index contributed by atoms with van der Waals surface area (Å²) in [6, 6.07) is 10.8. The summed E-state index contributed by atoms with van der Waals surface area (Å²) in [5.74, 6) is -0.254. The number of hydrogen-bond donors (Lipinski definition) is 1. The van der Waals surface area contributed by atoms with Gasteiger partial charge in [-0.25, -0.2) is 12.8 Å². The fraction of sp³-hybridized carbons (Fsp3) is 0.316. The number of sulfonamides is 1. The van der Waals surface area contributed by atoms with Crippen molar-refractivity contribution in [2.24, 2.45) is 0 Å². The smallest absolute Gasteiger partial charge is 0.244 e. The van der Waals surface area contributed by atoms with Crippen molar-refractivity contribution in [1.29, 1.82) is 0 Å². The number of benzene rings is 2. The Kier molecular flexibility index (Phi) is 6.43. The van der Waals surface area contributed by atoms with Crippen molar-refractivity contribution in [3.63, 3.8) is 0 Å². The van der Waals surface area contributed by atoms with Crippen LogP contribution in [-0.4, -0.2) is 33.7 Å². The Morgan fingerprint density at radius 1 is 1.07 bits per heavy atom. The number of ether oxygens (including phenoxy) is 1. The molecule has 1 amide bonds. The average molecular weight is 394 g/mol. The topological polar surface area (TPSA) is 75.7 Å². The van der Waals surface area contributed by atoms with Gasteiger partial charge in [0.05, 0.1) is 25.1 Å². The van der Waals surface area contributed by atoms with Gasteiger partial charge in [-0.3, -0.25) is 9.10 Å². The van der Waals surface area contributed by atoms with E-state index >= 15 is 0 Å². The van der Waals surface area contributed by atoms with Crippen molar-refractivity contribution in [2.45, 2.75) is 25.9 Å². The first kappa shape index (κ1) is 20.7. The van der Waals surface area contributed by atoms with Crippen LogP contribution in [0, 0.1) is 5.82 Å². The second-order valence-electron chi connectivity index (χ2n) is 6.21. The normalized spacial score (nSPS) is 13.5. The lowest BCUT2D eigenvalue weighted by Gasteiger charge is -2.29. The van der Waals surface area contributed by atoms with Crippen molar-refractivity contribution < 1.29 is 22.3 Å². The van der Waals surface area contributed by atoms with E-state index in [2.05, 4.69) is 5.32 Å². The largest absolute Gasteiger partial charge is 0.497 e. The van der Waals surface area contributed by atoms with Gasteiger partial charge in [0.15, 0.2) is 0 Å². The van der Waals surface area contributed by atoms with E-state index in [4.69, 9.17) is 4.74 Å². The van der Waals surface area contributed by atoms with Crippen LogP contribution in [0.25, 0.3) is 0 Å². The molecule has 6 nitrogen and oxygen atoms in total. The van der Waals surface area contributed by atoms with Crippen LogP contribution in [0.5, 0.6) is 5.75 Å². The third kappa shape index (κ3) is 5.19. The van der Waals surface area contributed by atoms with Crippen LogP contribution < -0.4 is 14.4 Å². The molecule has 0 aliphatic heterocycles. The van der Waals surface area contributed by atoms with Gasteiger partial charge in [-0.2, -0.15) is 0 Å². The molecule has 0 heterocycles. The number of carbonyl (C=O) groups is 1. The number of methoxy groups -OCH3 is 1. The van der Waals surface area contributed by atoms with Crippen LogP contribution in [0.3, 0.4) is 0 Å². The standard InChI is InChI=1S/C19H23FN2O4S/c1-13(15-5-11-18(26-3)12-6-15)21-19(23)14(2)22(27(4,24)25)17-9-7-16(20)8-10-17/h5-14H,1-4H3,(H,21,23)/t13-,14-/m1/s1. The molecule has 2 aromatic rings. The summed E-state index contributed by atoms with van der Waals surface area (Å²) in [6.07, 6.45) is 1.01. The fourth-order valence-electron chi connectivity index (χ4n) is 2.71. The zero-order valence-corrected chi connectivity index (χ0v) is 16.5. The Bertz CT molecular complexity index is 883. The summed E-state index contributed by atoms with van der Waals surface area (Å²) in [4.78, 5) is 12.7. The van der Waals surface area contributed by atoms with E-state index in [0.29, 0.717) is 5.75 Å². The average Bonchev–Trinajstić information content (AvgIpc) is 2.62. The van der Waals surface area contributed by atoms with Crippen LogP contribution in [-0.2, 0) is 14.8 Å². The lowest BCUT2D eigenvalue weighted by atomic mass is 10.1. The molecular formula is C19H23FN2O4S. The summed E-state index contributed by atoms with van der Waals surface area (Å²) in [7, 11) is -2.18. The Morgan fingerprint density at radius 2 is 1.63 bits per heavy atom. The minimum absolute atomic E-state index is 0.221. The quantitative estimate of drug-likeness (QED) is 0.784. The SMILES string of the molecule is COc1ccc([C@@H](C)NC(=O)[C@@H](C)N(c2ccc(F)cc2)S(C)(=O)=O)cc1. The molecule has 8 heteroatoms. The van der Waals surface area contributed by atoms with E-state index in [-0.39, 0.29) is 11.7 Å². The van der Waals surface area contributed by atoms with Crippen LogP contribution in [0.4, 0.5) is 10.1 Å². The molecule has 0 saturated heterocycles. The van der Waals surface area contributed by atoms with E-state index in [1.54, 1.807) is 26.2 Å². The highest BCUT2D eigenvalue weighted by molar-refractivity contribution is 7.92. The van der Waals surface area contributed by atoms with Gasteiger partial charge in [-0.1, -0.05) is 12.1 Å². The van der Waals surface area contributed by atoms with Crippen molar-refractivity contribution in [2.75, 3.05) is 17.7 Å². The molecular weight excluding hydrogens is 371 g/mol. The van der Waals surface area contributed by atoms with E-state index in [9.17, 15) is 17.6 Å². The number of carbonyl (C=O) groups excluding carboxylic acids is 1. The zero-order valence-electron chi connectivity index (χ0n) is 15.6. The lowest BCUT2D eigenvalue weighted by molar-refractivity contribution is -0.122. The highest BCUT2D eigenvalue weighted by Gasteiger charge is 2.29. The van der Waals surface area contributed by atoms with E-state index in [0.717, 1.165) is 28.3 Å². The number of hydrogen-bond acceptors (Lipinski definition) is 4. The molecule has 0 aliphatic rings. The van der Waals surface area contributed by atoms with Crippen LogP contribution in [0.15, 0.2) is 48.5 Å². The Labute approximate surface area is 159 Å². The van der Waals surface area contributed by atoms with Gasteiger partial charge >= 0.3 is 0 Å². The number of nitrogens with one attached hydrogen (secondary N) is 1. The first-order chi connectivity index (χ1) is 12.6. The number of rotatable bonds is 7. The Morgan fingerprint density at radius 3 is 2.11 bits per heavy atom. The first-order valence-electron chi connectivity index (χ1n) is 8.32. The first-order valence-corrected chi connectivity index (χ1v) is 10.2. The molecule has 146 valence electrons. The predicted octanol–water partition coefficient (Wildman–Crippen LogP) is 2.87. The summed E-state index contributed by atoms with van der Waals surface area (Å²) >= 11 is 0. The predicted molar refractivity (Wildman–Crippen MR) is 103 cm³/mol. The monoisotopic (exact) mass is 394 g/mol. The van der Waals surface area contributed by atoms with Gasteiger partial charge < -0.3 is 10.1 Å². The third-order valence-electron chi connectivity index (χ3n) is 4.14. The Hall–Kier alpha value is -2.61. The second kappa shape index (κ2) is 8.39. The van der Waals surface area contributed by atoms with E-state index in [1.807, 2.05) is 12.1 Å². The van der Waals surface area contributed by atoms with Crippen LogP contribution in [0.2, 0.25) is 0 Å². The fourth-order valence-corrected chi connectivity index (χ4v) is 3.88. The highest BCUT2D eigenvalue weighted by Crippen LogP contribution is 2.22. The van der Waals surface area contributed by atoms with Crippen molar-refractivity contribution >= 4 is 21.6 Å². The molecule has 0 saturated carbocycles. The summed E-state index contributed by atoms with van der Waals surface area (Å²) in [6.45, 7) is 3.29. The van der Waals surface area contributed by atoms with Crippen molar-refractivity contribution in [3.8, 4) is 5.75 Å². The molecule has 2 atom stereocenters. The Balaban J connectivity index is 2.20. The summed E-state index contributed by atoms with van der Waals surface area (Å²) in [5.41, 5.74) is 1.07. The molecule has 0 aliphatic carbocycles. The molecule has 1 N–H and O–H groups in total. The maximum absolute atomic E-state index is 13.2. The molecule has 2 aromatic carbocycles. The number of anilines is 1. The molecule has 27 heavy (non-hydrogen) atoms. The van der Waals surface area contributed by atoms with Gasteiger partial charge in [0.25, 0.3) is 0 Å². The van der Waals surface area contributed by atoms with Crippen molar-refractivity contribution in [3.05, 3.63) is 59.9 Å². The van der Waals surface area contributed by atoms with Crippen LogP contribution >= 0.6 is 0 Å². The van der Waals surface area contributed by atoms with Crippen LogP contribution in [0.1, 0.15) is 25.5 Å². The second-order valence-corrected chi connectivity index (χ2v) is 8.07. The van der Waals surface area contributed by atoms with E-state index < -0.39 is 27.8 Å². The summed E-state index contributed by atoms with van der Waals surface area (Å²) in [5, 5.41) is 2.81. The minimum atomic E-state index is -3.75. The minimum Gasteiger partial charge on any atom is -0.497 e. The summed E-state index contributed by atoms with van der Waals surface area (Å²) < 4.78 is 43.7. The maximum Gasteiger partial charge on any atom is 0.244 e. The van der Waals surface area contributed by atoms with Gasteiger partial charge in [0, 0.05) is 0 Å². The number of amides is 1. The van der Waals surface area contributed by atoms with Gasteiger partial charge in [0.1, 0.15) is 17.6 Å². The molecule has 2 rings (SSSR count). The number of halogens is 1. The van der Waals surface area contributed by atoms with E-state index in [1.165, 1.54) is 19.1 Å². The molecule has 0 aromatic heterocycles. The molecule has 0 fully saturated rings. The van der Waals surface area contributed by atoms with Gasteiger partial charge in [-0.15, -0.1) is 0 Å². The van der Waals surface area contributed by atoms with Gasteiger partial charge in [0.2, 0.25) is 15.9 Å². The lowest BCUT2D eigenvalue weighted by Crippen LogP contribution is -2.48. The molecule has 0 bridgehead atoms.